The Hall–Kier alpha value is -2.40. The molecule has 144 valence electrons. The smallest absolute Gasteiger partial charge is 0.323 e. The first-order valence-electron chi connectivity index (χ1n) is 9.68. The van der Waals surface area contributed by atoms with Gasteiger partial charge in [0, 0.05) is 24.7 Å². The summed E-state index contributed by atoms with van der Waals surface area (Å²) in [5.74, 6) is 0.150. The van der Waals surface area contributed by atoms with Crippen LogP contribution in [0.5, 0.6) is 0 Å². The summed E-state index contributed by atoms with van der Waals surface area (Å²) < 4.78 is 5.23. The van der Waals surface area contributed by atoms with Crippen molar-refractivity contribution in [1.29, 1.82) is 0 Å². The number of esters is 1. The van der Waals surface area contributed by atoms with Crippen LogP contribution in [-0.4, -0.2) is 48.6 Å². The maximum atomic E-state index is 12.7. The third kappa shape index (κ3) is 4.66. The van der Waals surface area contributed by atoms with Gasteiger partial charge in [0.15, 0.2) is 0 Å². The van der Waals surface area contributed by atoms with Gasteiger partial charge < -0.3 is 10.1 Å². The highest BCUT2D eigenvalue weighted by atomic mass is 16.5. The third-order valence-electron chi connectivity index (χ3n) is 4.91. The summed E-state index contributed by atoms with van der Waals surface area (Å²) in [5.41, 5.74) is 0.642. The fourth-order valence-corrected chi connectivity index (χ4v) is 3.76. The van der Waals surface area contributed by atoms with E-state index in [4.69, 9.17) is 4.74 Å². The summed E-state index contributed by atoms with van der Waals surface area (Å²) in [6, 6.07) is 13.4. The van der Waals surface area contributed by atoms with Crippen molar-refractivity contribution in [3.8, 4) is 0 Å². The Balaban J connectivity index is 1.70. The minimum absolute atomic E-state index is 0.0582. The van der Waals surface area contributed by atoms with Crippen LogP contribution < -0.4 is 5.32 Å². The number of amides is 1. The Morgan fingerprint density at radius 2 is 1.93 bits per heavy atom. The highest BCUT2D eigenvalue weighted by Crippen LogP contribution is 2.22. The predicted molar refractivity (Wildman–Crippen MR) is 107 cm³/mol. The Kier molecular flexibility index (Phi) is 6.11. The van der Waals surface area contributed by atoms with Gasteiger partial charge in [-0.2, -0.15) is 0 Å². The lowest BCUT2D eigenvalue weighted by molar-refractivity contribution is -0.148. The second kappa shape index (κ2) is 8.53. The van der Waals surface area contributed by atoms with Crippen molar-refractivity contribution in [3.63, 3.8) is 0 Å². The number of hydrogen-bond donors (Lipinski definition) is 1. The average Bonchev–Trinajstić information content (AvgIpc) is 3.03. The Morgan fingerprint density at radius 1 is 1.19 bits per heavy atom. The van der Waals surface area contributed by atoms with E-state index in [2.05, 4.69) is 24.1 Å². The zero-order valence-electron chi connectivity index (χ0n) is 16.3. The first kappa shape index (κ1) is 19.4. The lowest BCUT2D eigenvalue weighted by Gasteiger charge is -2.24. The lowest BCUT2D eigenvalue weighted by atomic mass is 10.1. The van der Waals surface area contributed by atoms with Crippen molar-refractivity contribution in [2.75, 3.05) is 19.7 Å². The van der Waals surface area contributed by atoms with E-state index in [9.17, 15) is 9.59 Å². The first-order valence-corrected chi connectivity index (χ1v) is 9.68. The van der Waals surface area contributed by atoms with Gasteiger partial charge in [0.25, 0.3) is 5.91 Å². The molecule has 27 heavy (non-hydrogen) atoms. The molecule has 0 spiro atoms. The maximum absolute atomic E-state index is 12.7. The third-order valence-corrected chi connectivity index (χ3v) is 4.91. The van der Waals surface area contributed by atoms with Gasteiger partial charge in [-0.05, 0) is 42.2 Å². The summed E-state index contributed by atoms with van der Waals surface area (Å²) in [6.45, 7) is 7.93. The van der Waals surface area contributed by atoms with Crippen LogP contribution in [0.4, 0.5) is 0 Å². The maximum Gasteiger partial charge on any atom is 0.323 e. The molecule has 1 aliphatic heterocycles. The molecule has 1 heterocycles. The summed E-state index contributed by atoms with van der Waals surface area (Å²) in [7, 11) is 0. The molecule has 0 bridgehead atoms. The molecule has 1 amide bonds. The van der Waals surface area contributed by atoms with Gasteiger partial charge in [-0.1, -0.05) is 44.2 Å². The second-order valence-corrected chi connectivity index (χ2v) is 7.58. The van der Waals surface area contributed by atoms with Crippen molar-refractivity contribution in [3.05, 3.63) is 48.0 Å². The molecule has 1 saturated heterocycles. The fourth-order valence-electron chi connectivity index (χ4n) is 3.76. The molecule has 1 fully saturated rings. The SMILES string of the molecule is CCOC(=O)C1CC(NC(=O)c2ccc3ccccc3c2)CN1CC(C)C. The molecule has 2 atom stereocenters. The molecule has 0 saturated carbocycles. The fraction of sp³-hybridized carbons (Fsp3) is 0.455. The van der Waals surface area contributed by atoms with Crippen LogP contribution in [0, 0.1) is 5.92 Å². The van der Waals surface area contributed by atoms with Crippen molar-refractivity contribution >= 4 is 22.6 Å². The number of carbonyl (C=O) groups is 2. The first-order chi connectivity index (χ1) is 13.0. The summed E-state index contributed by atoms with van der Waals surface area (Å²) in [5, 5.41) is 5.26. The van der Waals surface area contributed by atoms with Gasteiger partial charge in [-0.3, -0.25) is 14.5 Å². The topological polar surface area (TPSA) is 58.6 Å². The quantitative estimate of drug-likeness (QED) is 0.796. The van der Waals surface area contributed by atoms with E-state index in [0.717, 1.165) is 17.3 Å². The largest absolute Gasteiger partial charge is 0.465 e. The molecule has 2 unspecified atom stereocenters. The summed E-state index contributed by atoms with van der Waals surface area (Å²) in [6.07, 6.45) is 0.588. The van der Waals surface area contributed by atoms with Crippen LogP contribution in [0.2, 0.25) is 0 Å². The van der Waals surface area contributed by atoms with Crippen LogP contribution in [0.3, 0.4) is 0 Å². The number of benzene rings is 2. The van der Waals surface area contributed by atoms with Crippen LogP contribution >= 0.6 is 0 Å². The van der Waals surface area contributed by atoms with Gasteiger partial charge in [0.1, 0.15) is 6.04 Å². The molecular formula is C22H28N2O3. The number of hydrogen-bond acceptors (Lipinski definition) is 4. The van der Waals surface area contributed by atoms with Crippen molar-refractivity contribution in [2.24, 2.45) is 5.92 Å². The van der Waals surface area contributed by atoms with E-state index in [1.54, 1.807) is 0 Å². The standard InChI is InChI=1S/C22H28N2O3/c1-4-27-22(26)20-12-19(14-24(20)13-15(2)3)23-21(25)18-10-9-16-7-5-6-8-17(16)11-18/h5-11,15,19-20H,4,12-14H2,1-3H3,(H,23,25). The van der Waals surface area contributed by atoms with Crippen LogP contribution in [0.25, 0.3) is 10.8 Å². The van der Waals surface area contributed by atoms with E-state index in [0.29, 0.717) is 31.1 Å². The molecule has 0 aromatic heterocycles. The van der Waals surface area contributed by atoms with Crippen LogP contribution in [-0.2, 0) is 9.53 Å². The van der Waals surface area contributed by atoms with Gasteiger partial charge in [0.05, 0.1) is 6.61 Å². The molecule has 2 aromatic carbocycles. The number of nitrogens with one attached hydrogen (secondary N) is 1. The minimum Gasteiger partial charge on any atom is -0.465 e. The molecule has 3 rings (SSSR count). The van der Waals surface area contributed by atoms with E-state index in [1.807, 2.05) is 49.4 Å². The van der Waals surface area contributed by atoms with Gasteiger partial charge >= 0.3 is 5.97 Å². The normalized spacial score (nSPS) is 20.1. The van der Waals surface area contributed by atoms with Gasteiger partial charge in [-0.25, -0.2) is 0 Å². The Morgan fingerprint density at radius 3 is 2.63 bits per heavy atom. The Labute approximate surface area is 160 Å². The minimum atomic E-state index is -0.283. The Bertz CT molecular complexity index is 818. The molecule has 2 aromatic rings. The average molecular weight is 368 g/mol. The molecule has 0 aliphatic carbocycles. The number of fused-ring (bicyclic) bond motifs is 1. The highest BCUT2D eigenvalue weighted by Gasteiger charge is 2.38. The van der Waals surface area contributed by atoms with Crippen molar-refractivity contribution in [1.82, 2.24) is 10.2 Å². The molecule has 1 N–H and O–H groups in total. The zero-order valence-corrected chi connectivity index (χ0v) is 16.3. The molecule has 5 heteroatoms. The second-order valence-electron chi connectivity index (χ2n) is 7.58. The lowest BCUT2D eigenvalue weighted by Crippen LogP contribution is -2.40. The van der Waals surface area contributed by atoms with Crippen molar-refractivity contribution in [2.45, 2.75) is 39.3 Å². The summed E-state index contributed by atoms with van der Waals surface area (Å²) >= 11 is 0. The number of rotatable bonds is 6. The molecule has 5 nitrogen and oxygen atoms in total. The molecule has 0 radical (unpaired) electrons. The van der Waals surface area contributed by atoms with Crippen molar-refractivity contribution < 1.29 is 14.3 Å². The predicted octanol–water partition coefficient (Wildman–Crippen LogP) is 3.23. The van der Waals surface area contributed by atoms with E-state index in [-0.39, 0.29) is 24.0 Å². The van der Waals surface area contributed by atoms with Crippen LogP contribution in [0.1, 0.15) is 37.6 Å². The van der Waals surface area contributed by atoms with E-state index >= 15 is 0 Å². The highest BCUT2D eigenvalue weighted by molar-refractivity contribution is 5.98. The van der Waals surface area contributed by atoms with Gasteiger partial charge in [0.2, 0.25) is 0 Å². The van der Waals surface area contributed by atoms with E-state index < -0.39 is 0 Å². The van der Waals surface area contributed by atoms with E-state index in [1.165, 1.54) is 0 Å². The number of likely N-dealkylation sites (tertiary alicyclic amines) is 1. The molecular weight excluding hydrogens is 340 g/mol. The zero-order chi connectivity index (χ0) is 19.4. The monoisotopic (exact) mass is 368 g/mol. The van der Waals surface area contributed by atoms with Crippen LogP contribution in [0.15, 0.2) is 42.5 Å². The summed E-state index contributed by atoms with van der Waals surface area (Å²) in [4.78, 5) is 27.2. The molecule has 1 aliphatic rings. The number of ether oxygens (including phenoxy) is 1. The number of carbonyl (C=O) groups excluding carboxylic acids is 2. The number of nitrogens with zero attached hydrogens (tertiary/aromatic N) is 1. The van der Waals surface area contributed by atoms with Gasteiger partial charge in [-0.15, -0.1) is 0 Å².